The molecule has 6 N–H and O–H groups in total. The summed E-state index contributed by atoms with van der Waals surface area (Å²) in [6.07, 6.45) is -4.12. The molecular weight excluding hydrogens is 364 g/mol. The summed E-state index contributed by atoms with van der Waals surface area (Å²) >= 11 is 0. The van der Waals surface area contributed by atoms with Gasteiger partial charge in [0.05, 0.1) is 12.8 Å². The van der Waals surface area contributed by atoms with Gasteiger partial charge in [0.1, 0.15) is 0 Å². The van der Waals surface area contributed by atoms with Crippen LogP contribution in [0.4, 0.5) is 4.79 Å². The van der Waals surface area contributed by atoms with Crippen LogP contribution < -0.4 is 0 Å². The van der Waals surface area contributed by atoms with Crippen LogP contribution in [0.2, 0.25) is 0 Å². The van der Waals surface area contributed by atoms with Crippen molar-refractivity contribution in [2.24, 2.45) is 0 Å². The minimum absolute atomic E-state index is 0. The van der Waals surface area contributed by atoms with Gasteiger partial charge in [-0.1, -0.05) is 0 Å². The van der Waals surface area contributed by atoms with Crippen LogP contribution >= 0.6 is 0 Å². The van der Waals surface area contributed by atoms with Crippen molar-refractivity contribution < 1.29 is 49.8 Å². The van der Waals surface area contributed by atoms with Gasteiger partial charge < -0.3 is 30.6 Å². The fourth-order valence-corrected chi connectivity index (χ4v) is 0.714. The van der Waals surface area contributed by atoms with E-state index < -0.39 is 42.5 Å². The van der Waals surface area contributed by atoms with E-state index in [2.05, 4.69) is 0 Å². The van der Waals surface area contributed by atoms with E-state index in [0.29, 0.717) is 0 Å². The van der Waals surface area contributed by atoms with Crippen molar-refractivity contribution in [2.75, 3.05) is 0 Å². The van der Waals surface area contributed by atoms with Gasteiger partial charge in [-0.3, -0.25) is 9.59 Å². The van der Waals surface area contributed by atoms with E-state index in [-0.39, 0.29) is 113 Å². The van der Waals surface area contributed by atoms with E-state index in [1.54, 1.807) is 0 Å². The van der Waals surface area contributed by atoms with E-state index in [1.165, 1.54) is 0 Å². The third-order valence-corrected chi connectivity index (χ3v) is 1.29. The zero-order chi connectivity index (χ0) is 14.2. The van der Waals surface area contributed by atoms with Crippen LogP contribution in [-0.4, -0.2) is 174 Å². The number of aliphatic carboxylic acids is 3. The Balaban J connectivity index is -0.0000000951. The molecule has 0 aliphatic carbocycles. The first-order chi connectivity index (χ1) is 7.51. The SMILES string of the molecule is O=C(O)CC(O)(CC(=O)O)C(=O)O.O=C(O)O.[CaH2].[CaH2].[CaH2]. The first kappa shape index (κ1) is 33.1. The Morgan fingerprint density at radius 2 is 0.900 bits per heavy atom. The molecule has 0 aliphatic rings. The molecule has 0 saturated heterocycles. The summed E-state index contributed by atoms with van der Waals surface area (Å²) in [4.78, 5) is 39.0. The van der Waals surface area contributed by atoms with Crippen molar-refractivity contribution in [2.45, 2.75) is 18.4 Å². The number of rotatable bonds is 5. The van der Waals surface area contributed by atoms with Crippen LogP contribution in [0.15, 0.2) is 0 Å². The molecule has 0 aromatic heterocycles. The van der Waals surface area contributed by atoms with E-state index in [0.717, 1.165) is 0 Å². The molecule has 0 fully saturated rings. The number of carboxylic acid groups (broad SMARTS) is 5. The number of aliphatic hydroxyl groups is 1. The Labute approximate surface area is 202 Å². The average Bonchev–Trinajstić information content (AvgIpc) is 1.98. The van der Waals surface area contributed by atoms with E-state index >= 15 is 0 Å². The standard InChI is InChI=1S/C6H8O7.CH2O3.3Ca.6H/c7-3(8)1-6(13,5(11)12)2-4(9)10;2-1(3)4;;;;;;;;;/h13H,1-2H2,(H,7,8)(H,9,10)(H,11,12);(H2,2,3,4);;;;;;;;;. The zero-order valence-electron chi connectivity index (χ0n) is 8.23. The molecule has 13 heteroatoms. The molecule has 0 rings (SSSR count). The van der Waals surface area contributed by atoms with Crippen molar-refractivity contribution in [3.05, 3.63) is 0 Å². The Morgan fingerprint density at radius 3 is 1.00 bits per heavy atom. The molecule has 0 unspecified atom stereocenters. The van der Waals surface area contributed by atoms with Crippen LogP contribution in [-0.2, 0) is 14.4 Å². The average molecular weight is 380 g/mol. The third kappa shape index (κ3) is 21.7. The summed E-state index contributed by atoms with van der Waals surface area (Å²) < 4.78 is 0. The van der Waals surface area contributed by atoms with Crippen molar-refractivity contribution in [3.63, 3.8) is 0 Å². The summed E-state index contributed by atoms with van der Waals surface area (Å²) in [5.41, 5.74) is -2.74. The van der Waals surface area contributed by atoms with E-state index in [4.69, 9.17) is 35.4 Å². The first-order valence-corrected chi connectivity index (χ1v) is 3.82. The summed E-state index contributed by atoms with van der Waals surface area (Å²) in [6, 6.07) is 0. The molecule has 0 aromatic carbocycles. The van der Waals surface area contributed by atoms with Gasteiger partial charge in [-0.25, -0.2) is 9.59 Å². The normalized spacial score (nSPS) is 8.25. The summed E-state index contributed by atoms with van der Waals surface area (Å²) in [6.45, 7) is 0. The summed E-state index contributed by atoms with van der Waals surface area (Å²) in [5, 5.41) is 47.8. The van der Waals surface area contributed by atoms with E-state index in [1.807, 2.05) is 0 Å². The fraction of sp³-hybridized carbons (Fsp3) is 0.429. The van der Waals surface area contributed by atoms with Crippen molar-refractivity contribution in [1.82, 2.24) is 0 Å². The van der Waals surface area contributed by atoms with Gasteiger partial charge >= 0.3 is 137 Å². The molecule has 0 radical (unpaired) electrons. The molecule has 110 valence electrons. The Kier molecular flexibility index (Phi) is 27.8. The molecule has 20 heavy (non-hydrogen) atoms. The van der Waals surface area contributed by atoms with Crippen LogP contribution in [0.3, 0.4) is 0 Å². The molecule has 0 heterocycles. The second kappa shape index (κ2) is 16.8. The maximum absolute atomic E-state index is 10.3. The Hall–Kier alpha value is 1.42. The van der Waals surface area contributed by atoms with Crippen molar-refractivity contribution in [1.29, 1.82) is 0 Å². The van der Waals surface area contributed by atoms with Crippen molar-refractivity contribution in [3.8, 4) is 0 Å². The Bertz CT molecular complexity index is 311. The van der Waals surface area contributed by atoms with Gasteiger partial charge in [-0.15, -0.1) is 0 Å². The minimum atomic E-state index is -2.74. The second-order valence-corrected chi connectivity index (χ2v) is 2.76. The predicted octanol–water partition coefficient (Wildman–Crippen LogP) is -3.77. The summed E-state index contributed by atoms with van der Waals surface area (Å²) in [7, 11) is 0. The molecule has 0 aromatic rings. The van der Waals surface area contributed by atoms with Gasteiger partial charge in [0, 0.05) is 0 Å². The van der Waals surface area contributed by atoms with Gasteiger partial charge in [-0.2, -0.15) is 0 Å². The predicted molar refractivity (Wildman–Crippen MR) is 73.4 cm³/mol. The monoisotopic (exact) mass is 380 g/mol. The molecule has 0 spiro atoms. The summed E-state index contributed by atoms with van der Waals surface area (Å²) in [5.74, 6) is -5.02. The first-order valence-electron chi connectivity index (χ1n) is 3.82. The van der Waals surface area contributed by atoms with Crippen molar-refractivity contribution >= 4 is 137 Å². The topological polar surface area (TPSA) is 190 Å². The molecular formula is C7H16Ca3O10. The second-order valence-electron chi connectivity index (χ2n) is 2.76. The molecule has 0 aliphatic heterocycles. The number of carboxylic acids is 3. The third-order valence-electron chi connectivity index (χ3n) is 1.29. The quantitative estimate of drug-likeness (QED) is 0.258. The van der Waals surface area contributed by atoms with E-state index in [9.17, 15) is 14.4 Å². The molecule has 0 bridgehead atoms. The van der Waals surface area contributed by atoms with Gasteiger partial charge in [0.25, 0.3) is 0 Å². The molecule has 0 atom stereocenters. The van der Waals surface area contributed by atoms with Gasteiger partial charge in [0.15, 0.2) is 5.60 Å². The van der Waals surface area contributed by atoms with Crippen LogP contribution in [0.5, 0.6) is 0 Å². The van der Waals surface area contributed by atoms with Crippen LogP contribution in [0, 0.1) is 0 Å². The van der Waals surface area contributed by atoms with Crippen LogP contribution in [0.1, 0.15) is 12.8 Å². The number of hydrogen-bond acceptors (Lipinski definition) is 5. The van der Waals surface area contributed by atoms with Gasteiger partial charge in [-0.05, 0) is 0 Å². The zero-order valence-corrected chi connectivity index (χ0v) is 8.23. The van der Waals surface area contributed by atoms with Crippen LogP contribution in [0.25, 0.3) is 0 Å². The molecule has 0 amide bonds. The Morgan fingerprint density at radius 1 is 0.700 bits per heavy atom. The van der Waals surface area contributed by atoms with Gasteiger partial charge in [0.2, 0.25) is 0 Å². The number of hydrogen-bond donors (Lipinski definition) is 6. The maximum atomic E-state index is 10.3. The molecule has 10 nitrogen and oxygen atoms in total. The molecule has 0 saturated carbocycles. The number of carbonyl (C=O) groups is 4. The fourth-order valence-electron chi connectivity index (χ4n) is 0.714.